The third kappa shape index (κ3) is 4.30. The minimum atomic E-state index is -0.412. The van der Waals surface area contributed by atoms with Crippen molar-refractivity contribution >= 4 is 28.2 Å². The smallest absolute Gasteiger partial charge is 0.251 e. The van der Waals surface area contributed by atoms with Gasteiger partial charge in [0.25, 0.3) is 5.91 Å². The molecule has 0 aliphatic heterocycles. The first-order valence-corrected chi connectivity index (χ1v) is 10.8. The lowest BCUT2D eigenvalue weighted by Crippen LogP contribution is -2.27. The first-order valence-electron chi connectivity index (χ1n) is 10.00. The van der Waals surface area contributed by atoms with Gasteiger partial charge in [0.1, 0.15) is 5.00 Å². The van der Waals surface area contributed by atoms with Gasteiger partial charge in [-0.25, -0.2) is 0 Å². The molecule has 1 heterocycles. The number of primary amides is 1. The Kier molecular flexibility index (Phi) is 5.75. The topological polar surface area (TPSA) is 72.2 Å². The van der Waals surface area contributed by atoms with Crippen molar-refractivity contribution in [3.8, 4) is 0 Å². The molecule has 2 aliphatic carbocycles. The summed E-state index contributed by atoms with van der Waals surface area (Å²) in [6, 6.07) is 0. The molecule has 5 heteroatoms. The summed E-state index contributed by atoms with van der Waals surface area (Å²) in [5.41, 5.74) is 7.57. The number of carbonyl (C=O) groups excluding carboxylic acids is 2. The van der Waals surface area contributed by atoms with Crippen molar-refractivity contribution in [2.24, 2.45) is 23.0 Å². The second-order valence-electron chi connectivity index (χ2n) is 9.13. The van der Waals surface area contributed by atoms with E-state index in [2.05, 4.69) is 26.1 Å². The van der Waals surface area contributed by atoms with Gasteiger partial charge in [0.15, 0.2) is 0 Å². The second-order valence-corrected chi connectivity index (χ2v) is 10.2. The van der Waals surface area contributed by atoms with Crippen LogP contribution in [0.2, 0.25) is 0 Å². The van der Waals surface area contributed by atoms with E-state index in [0.29, 0.717) is 28.8 Å². The fourth-order valence-electron chi connectivity index (χ4n) is 4.50. The van der Waals surface area contributed by atoms with Crippen LogP contribution in [0.1, 0.15) is 86.5 Å². The number of carbonyl (C=O) groups is 2. The van der Waals surface area contributed by atoms with E-state index in [1.54, 1.807) is 11.3 Å². The molecule has 0 spiro atoms. The minimum absolute atomic E-state index is 0.0327. The standard InChI is InChI=1S/C21H32N2O2S/c1-21(2,3)14-9-10-15-16(12-14)26-20(18(15)19(22)25)23-17(24)11-13-7-5-4-6-8-13/h13-14H,4-12H2,1-3H3,(H2,22,25)(H,23,24). The lowest BCUT2D eigenvalue weighted by Gasteiger charge is -2.33. The first-order chi connectivity index (χ1) is 12.3. The van der Waals surface area contributed by atoms with E-state index in [-0.39, 0.29) is 11.3 Å². The molecule has 2 amide bonds. The summed E-state index contributed by atoms with van der Waals surface area (Å²) >= 11 is 1.57. The predicted octanol–water partition coefficient (Wildman–Crippen LogP) is 4.91. The van der Waals surface area contributed by atoms with Crippen molar-refractivity contribution in [1.29, 1.82) is 0 Å². The molecule has 0 bridgehead atoms. The maximum absolute atomic E-state index is 12.5. The van der Waals surface area contributed by atoms with Gasteiger partial charge in [-0.3, -0.25) is 9.59 Å². The molecule has 144 valence electrons. The van der Waals surface area contributed by atoms with Gasteiger partial charge in [0.2, 0.25) is 5.91 Å². The van der Waals surface area contributed by atoms with Crippen LogP contribution in [-0.4, -0.2) is 11.8 Å². The molecule has 1 unspecified atom stereocenters. The Morgan fingerprint density at radius 3 is 2.46 bits per heavy atom. The first kappa shape index (κ1) is 19.4. The lowest BCUT2D eigenvalue weighted by atomic mass is 9.72. The van der Waals surface area contributed by atoms with Gasteiger partial charge < -0.3 is 11.1 Å². The van der Waals surface area contributed by atoms with Crippen LogP contribution in [-0.2, 0) is 17.6 Å². The monoisotopic (exact) mass is 376 g/mol. The SMILES string of the molecule is CC(C)(C)C1CCc2c(sc(NC(=O)CC3CCCCC3)c2C(N)=O)C1. The average Bonchev–Trinajstić information content (AvgIpc) is 2.91. The Labute approximate surface area is 160 Å². The number of fused-ring (bicyclic) bond motifs is 1. The quantitative estimate of drug-likeness (QED) is 0.784. The van der Waals surface area contributed by atoms with Gasteiger partial charge in [-0.2, -0.15) is 0 Å². The third-order valence-corrected chi connectivity index (χ3v) is 7.36. The summed E-state index contributed by atoms with van der Waals surface area (Å²) < 4.78 is 0. The van der Waals surface area contributed by atoms with Crippen LogP contribution >= 0.6 is 11.3 Å². The largest absolute Gasteiger partial charge is 0.365 e. The maximum atomic E-state index is 12.5. The minimum Gasteiger partial charge on any atom is -0.365 e. The fraction of sp³-hybridized carbons (Fsp3) is 0.714. The van der Waals surface area contributed by atoms with Gasteiger partial charge in [0, 0.05) is 11.3 Å². The number of thiophene rings is 1. The number of hydrogen-bond donors (Lipinski definition) is 2. The van der Waals surface area contributed by atoms with Crippen molar-refractivity contribution in [2.45, 2.75) is 78.6 Å². The molecule has 1 atom stereocenters. The Balaban J connectivity index is 1.76. The highest BCUT2D eigenvalue weighted by atomic mass is 32.1. The zero-order valence-electron chi connectivity index (χ0n) is 16.3. The average molecular weight is 377 g/mol. The fourth-order valence-corrected chi connectivity index (χ4v) is 5.85. The Hall–Kier alpha value is -1.36. The number of nitrogens with one attached hydrogen (secondary N) is 1. The Morgan fingerprint density at radius 1 is 1.15 bits per heavy atom. The molecule has 3 N–H and O–H groups in total. The van der Waals surface area contributed by atoms with Crippen LogP contribution in [0.3, 0.4) is 0 Å². The summed E-state index contributed by atoms with van der Waals surface area (Å²) in [5.74, 6) is 0.704. The maximum Gasteiger partial charge on any atom is 0.251 e. The number of hydrogen-bond acceptors (Lipinski definition) is 3. The molecule has 1 saturated carbocycles. The van der Waals surface area contributed by atoms with Crippen LogP contribution < -0.4 is 11.1 Å². The van der Waals surface area contributed by atoms with E-state index < -0.39 is 5.91 Å². The molecular formula is C21H32N2O2S. The molecule has 3 rings (SSSR count). The van der Waals surface area contributed by atoms with Gasteiger partial charge in [-0.05, 0) is 54.9 Å². The second kappa shape index (κ2) is 7.71. The zero-order chi connectivity index (χ0) is 18.9. The molecule has 2 aliphatic rings. The van der Waals surface area contributed by atoms with Crippen molar-refractivity contribution in [2.75, 3.05) is 5.32 Å². The van der Waals surface area contributed by atoms with Gasteiger partial charge in [0.05, 0.1) is 5.56 Å². The van der Waals surface area contributed by atoms with E-state index in [9.17, 15) is 9.59 Å². The van der Waals surface area contributed by atoms with Crippen molar-refractivity contribution in [3.05, 3.63) is 16.0 Å². The van der Waals surface area contributed by atoms with Crippen LogP contribution in [0.5, 0.6) is 0 Å². The number of amides is 2. The highest BCUT2D eigenvalue weighted by molar-refractivity contribution is 7.17. The molecule has 1 aromatic rings. The van der Waals surface area contributed by atoms with Crippen LogP contribution in [0, 0.1) is 17.3 Å². The van der Waals surface area contributed by atoms with Crippen molar-refractivity contribution in [3.63, 3.8) is 0 Å². The van der Waals surface area contributed by atoms with Gasteiger partial charge >= 0.3 is 0 Å². The number of anilines is 1. The molecule has 1 aromatic heterocycles. The van der Waals surface area contributed by atoms with Crippen molar-refractivity contribution < 1.29 is 9.59 Å². The molecular weight excluding hydrogens is 344 g/mol. The molecule has 1 fully saturated rings. The molecule has 4 nitrogen and oxygen atoms in total. The van der Waals surface area contributed by atoms with E-state index in [4.69, 9.17) is 5.73 Å². The highest BCUT2D eigenvalue weighted by Crippen LogP contribution is 2.44. The summed E-state index contributed by atoms with van der Waals surface area (Å²) in [6.45, 7) is 6.83. The summed E-state index contributed by atoms with van der Waals surface area (Å²) in [7, 11) is 0. The Morgan fingerprint density at radius 2 is 1.85 bits per heavy atom. The molecule has 0 radical (unpaired) electrons. The predicted molar refractivity (Wildman–Crippen MR) is 108 cm³/mol. The third-order valence-electron chi connectivity index (χ3n) is 6.19. The highest BCUT2D eigenvalue weighted by Gasteiger charge is 2.33. The van der Waals surface area contributed by atoms with E-state index in [1.165, 1.54) is 24.1 Å². The van der Waals surface area contributed by atoms with Crippen LogP contribution in [0.15, 0.2) is 0 Å². The van der Waals surface area contributed by atoms with Crippen LogP contribution in [0.4, 0.5) is 5.00 Å². The van der Waals surface area contributed by atoms with E-state index in [1.807, 2.05) is 0 Å². The molecule has 26 heavy (non-hydrogen) atoms. The van der Waals surface area contributed by atoms with Crippen LogP contribution in [0.25, 0.3) is 0 Å². The van der Waals surface area contributed by atoms with Gasteiger partial charge in [-0.1, -0.05) is 40.0 Å². The molecule has 0 saturated heterocycles. The van der Waals surface area contributed by atoms with Gasteiger partial charge in [-0.15, -0.1) is 11.3 Å². The zero-order valence-corrected chi connectivity index (χ0v) is 17.1. The Bertz CT molecular complexity index is 681. The number of nitrogens with two attached hydrogens (primary N) is 1. The van der Waals surface area contributed by atoms with Crippen molar-refractivity contribution in [1.82, 2.24) is 0 Å². The summed E-state index contributed by atoms with van der Waals surface area (Å²) in [5, 5.41) is 3.71. The number of rotatable bonds is 4. The summed E-state index contributed by atoms with van der Waals surface area (Å²) in [4.78, 5) is 25.9. The van der Waals surface area contributed by atoms with E-state index >= 15 is 0 Å². The molecule has 0 aromatic carbocycles. The normalized spacial score (nSPS) is 21.3. The summed E-state index contributed by atoms with van der Waals surface area (Å²) in [6.07, 6.45) is 9.52. The van der Waals surface area contributed by atoms with E-state index in [0.717, 1.165) is 37.7 Å². The lowest BCUT2D eigenvalue weighted by molar-refractivity contribution is -0.117.